The summed E-state index contributed by atoms with van der Waals surface area (Å²) in [6.07, 6.45) is 3.05. The van der Waals surface area contributed by atoms with Crippen LogP contribution in [-0.2, 0) is 9.59 Å². The van der Waals surface area contributed by atoms with Gasteiger partial charge in [0.15, 0.2) is 0 Å². The average molecular weight is 428 g/mol. The summed E-state index contributed by atoms with van der Waals surface area (Å²) in [6.45, 7) is 1.51. The van der Waals surface area contributed by atoms with Gasteiger partial charge in [0.25, 0.3) is 0 Å². The maximum Gasteiger partial charge on any atom is 0.415 e. The van der Waals surface area contributed by atoms with E-state index in [1.165, 1.54) is 0 Å². The average Bonchev–Trinajstić information content (AvgIpc) is 2.78. The van der Waals surface area contributed by atoms with Crippen LogP contribution in [0.3, 0.4) is 0 Å². The molecule has 2 aromatic carbocycles. The number of thioether (sulfide) groups is 1. The normalized spacial score (nSPS) is 14.1. The predicted molar refractivity (Wildman–Crippen MR) is 117 cm³/mol. The maximum absolute atomic E-state index is 12.2. The van der Waals surface area contributed by atoms with Gasteiger partial charge in [-0.15, -0.1) is 11.8 Å². The van der Waals surface area contributed by atoms with E-state index in [4.69, 9.17) is 4.74 Å². The lowest BCUT2D eigenvalue weighted by atomic mass is 9.97. The van der Waals surface area contributed by atoms with E-state index in [0.717, 1.165) is 17.7 Å². The van der Waals surface area contributed by atoms with Crippen LogP contribution >= 0.6 is 11.8 Å². The largest absolute Gasteiger partial charge is 0.415 e. The van der Waals surface area contributed by atoms with Crippen LogP contribution < -0.4 is 15.4 Å². The van der Waals surface area contributed by atoms with Crippen molar-refractivity contribution in [3.05, 3.63) is 54.6 Å². The lowest BCUT2D eigenvalue weighted by Crippen LogP contribution is -2.44. The summed E-state index contributed by atoms with van der Waals surface area (Å²) < 4.78 is 5.35. The summed E-state index contributed by atoms with van der Waals surface area (Å²) in [5.41, 5.74) is 0.590. The van der Waals surface area contributed by atoms with Crippen molar-refractivity contribution in [3.8, 4) is 5.75 Å². The SMILES string of the molecule is CSc1cccc(NC(=O)C(=O)NCC2CCN(C(=O)Oc3ccccc3)CC2)c1. The van der Waals surface area contributed by atoms with Gasteiger partial charge in [0.1, 0.15) is 5.75 Å². The molecule has 0 unspecified atom stereocenters. The summed E-state index contributed by atoms with van der Waals surface area (Å²) in [5, 5.41) is 5.31. The number of piperidine rings is 1. The molecule has 1 fully saturated rings. The number of nitrogens with one attached hydrogen (secondary N) is 2. The molecule has 3 rings (SSSR count). The number of para-hydroxylation sites is 1. The standard InChI is InChI=1S/C22H25N3O4S/c1-30-19-9-5-6-17(14-19)24-21(27)20(26)23-15-16-10-12-25(13-11-16)22(28)29-18-7-3-2-4-8-18/h2-9,14,16H,10-13,15H2,1H3,(H,23,26)(H,24,27). The molecular weight excluding hydrogens is 402 g/mol. The molecule has 1 aliphatic rings. The number of amides is 3. The highest BCUT2D eigenvalue weighted by atomic mass is 32.2. The fraction of sp³-hybridized carbons (Fsp3) is 0.318. The molecule has 1 aliphatic heterocycles. The number of ether oxygens (including phenoxy) is 1. The quantitative estimate of drug-likeness (QED) is 0.564. The molecule has 7 nitrogen and oxygen atoms in total. The first-order valence-corrected chi connectivity index (χ1v) is 11.0. The zero-order valence-corrected chi connectivity index (χ0v) is 17.6. The number of hydrogen-bond acceptors (Lipinski definition) is 5. The fourth-order valence-corrected chi connectivity index (χ4v) is 3.64. The van der Waals surface area contributed by atoms with Crippen LogP contribution in [0.1, 0.15) is 12.8 Å². The Bertz CT molecular complexity index is 883. The van der Waals surface area contributed by atoms with E-state index < -0.39 is 11.8 Å². The van der Waals surface area contributed by atoms with E-state index >= 15 is 0 Å². The highest BCUT2D eigenvalue weighted by Crippen LogP contribution is 2.20. The molecule has 0 bridgehead atoms. The fourth-order valence-electron chi connectivity index (χ4n) is 3.18. The zero-order valence-electron chi connectivity index (χ0n) is 16.8. The van der Waals surface area contributed by atoms with Gasteiger partial charge in [0.05, 0.1) is 0 Å². The molecule has 0 aliphatic carbocycles. The van der Waals surface area contributed by atoms with Crippen LogP contribution in [0.25, 0.3) is 0 Å². The molecule has 3 amide bonds. The monoisotopic (exact) mass is 427 g/mol. The molecular formula is C22H25N3O4S. The number of benzene rings is 2. The van der Waals surface area contributed by atoms with Gasteiger partial charge in [-0.3, -0.25) is 9.59 Å². The van der Waals surface area contributed by atoms with Crippen LogP contribution in [-0.4, -0.2) is 48.7 Å². The van der Waals surface area contributed by atoms with Crippen molar-refractivity contribution in [1.29, 1.82) is 0 Å². The Balaban J connectivity index is 1.39. The van der Waals surface area contributed by atoms with Crippen molar-refractivity contribution in [1.82, 2.24) is 10.2 Å². The molecule has 0 atom stereocenters. The first-order valence-electron chi connectivity index (χ1n) is 9.80. The number of likely N-dealkylation sites (tertiary alicyclic amines) is 1. The second-order valence-corrected chi connectivity index (χ2v) is 7.89. The van der Waals surface area contributed by atoms with E-state index in [2.05, 4.69) is 10.6 Å². The van der Waals surface area contributed by atoms with Crippen LogP contribution in [0.5, 0.6) is 5.75 Å². The van der Waals surface area contributed by atoms with Gasteiger partial charge in [-0.25, -0.2) is 4.79 Å². The first kappa shape index (κ1) is 21.7. The molecule has 8 heteroatoms. The van der Waals surface area contributed by atoms with Crippen LogP contribution in [0.2, 0.25) is 0 Å². The van der Waals surface area contributed by atoms with Crippen LogP contribution in [0.15, 0.2) is 59.5 Å². The third-order valence-corrected chi connectivity index (χ3v) is 5.63. The third kappa shape index (κ3) is 6.25. The minimum Gasteiger partial charge on any atom is -0.410 e. The van der Waals surface area contributed by atoms with Crippen LogP contribution in [0, 0.1) is 5.92 Å². The number of nitrogens with zero attached hydrogens (tertiary/aromatic N) is 1. The van der Waals surface area contributed by atoms with Crippen molar-refractivity contribution in [2.75, 3.05) is 31.2 Å². The van der Waals surface area contributed by atoms with Crippen molar-refractivity contribution in [2.24, 2.45) is 5.92 Å². The lowest BCUT2D eigenvalue weighted by molar-refractivity contribution is -0.136. The summed E-state index contributed by atoms with van der Waals surface area (Å²) in [5.74, 6) is -0.610. The smallest absolute Gasteiger partial charge is 0.410 e. The molecule has 0 saturated carbocycles. The van der Waals surface area contributed by atoms with E-state index in [0.29, 0.717) is 31.1 Å². The number of rotatable bonds is 5. The molecule has 2 aromatic rings. The zero-order chi connectivity index (χ0) is 21.3. The Morgan fingerprint density at radius 3 is 2.47 bits per heavy atom. The topological polar surface area (TPSA) is 87.7 Å². The summed E-state index contributed by atoms with van der Waals surface area (Å²) >= 11 is 1.56. The number of carbonyl (C=O) groups excluding carboxylic acids is 3. The number of carbonyl (C=O) groups is 3. The van der Waals surface area contributed by atoms with Crippen molar-refractivity contribution in [3.63, 3.8) is 0 Å². The highest BCUT2D eigenvalue weighted by molar-refractivity contribution is 7.98. The van der Waals surface area contributed by atoms with E-state index in [1.807, 2.05) is 42.7 Å². The van der Waals surface area contributed by atoms with Crippen LogP contribution in [0.4, 0.5) is 10.5 Å². The van der Waals surface area contributed by atoms with Gasteiger partial charge >= 0.3 is 17.9 Å². The van der Waals surface area contributed by atoms with E-state index in [9.17, 15) is 14.4 Å². The Kier molecular flexibility index (Phi) is 7.73. The van der Waals surface area contributed by atoms with Gasteiger partial charge in [-0.05, 0) is 55.3 Å². The Hall–Kier alpha value is -3.00. The molecule has 0 spiro atoms. The molecule has 1 saturated heterocycles. The highest BCUT2D eigenvalue weighted by Gasteiger charge is 2.25. The minimum absolute atomic E-state index is 0.211. The van der Waals surface area contributed by atoms with E-state index in [-0.39, 0.29) is 12.0 Å². The van der Waals surface area contributed by atoms with Gasteiger partial charge in [0.2, 0.25) is 0 Å². The summed E-state index contributed by atoms with van der Waals surface area (Å²) in [4.78, 5) is 39.1. The number of hydrogen-bond donors (Lipinski definition) is 2. The van der Waals surface area contributed by atoms with Gasteiger partial charge in [-0.1, -0.05) is 24.3 Å². The van der Waals surface area contributed by atoms with Gasteiger partial charge in [0, 0.05) is 30.2 Å². The predicted octanol–water partition coefficient (Wildman–Crippen LogP) is 3.37. The Morgan fingerprint density at radius 2 is 1.77 bits per heavy atom. The van der Waals surface area contributed by atoms with Crippen molar-refractivity contribution in [2.45, 2.75) is 17.7 Å². The molecule has 2 N–H and O–H groups in total. The maximum atomic E-state index is 12.2. The summed E-state index contributed by atoms with van der Waals surface area (Å²) in [7, 11) is 0. The molecule has 0 aromatic heterocycles. The molecule has 1 heterocycles. The third-order valence-electron chi connectivity index (χ3n) is 4.91. The first-order chi connectivity index (χ1) is 14.5. The van der Waals surface area contributed by atoms with Crippen molar-refractivity contribution >= 4 is 35.4 Å². The lowest BCUT2D eigenvalue weighted by Gasteiger charge is -2.31. The number of anilines is 1. The summed E-state index contributed by atoms with van der Waals surface area (Å²) in [6, 6.07) is 16.3. The minimum atomic E-state index is -0.683. The molecule has 30 heavy (non-hydrogen) atoms. The van der Waals surface area contributed by atoms with Gasteiger partial charge in [-0.2, -0.15) is 0 Å². The van der Waals surface area contributed by atoms with Gasteiger partial charge < -0.3 is 20.3 Å². The molecule has 158 valence electrons. The Morgan fingerprint density at radius 1 is 1.03 bits per heavy atom. The second kappa shape index (κ2) is 10.7. The Labute approximate surface area is 180 Å². The van der Waals surface area contributed by atoms with Crippen molar-refractivity contribution < 1.29 is 19.1 Å². The molecule has 0 radical (unpaired) electrons. The van der Waals surface area contributed by atoms with E-state index in [1.54, 1.807) is 34.9 Å². The second-order valence-electron chi connectivity index (χ2n) is 7.01.